The Morgan fingerprint density at radius 1 is 1.24 bits per heavy atom. The van der Waals surface area contributed by atoms with E-state index in [0.717, 1.165) is 18.0 Å². The molecule has 0 bridgehead atoms. The molecule has 0 aromatic heterocycles. The maximum absolute atomic E-state index is 14.5. The first-order chi connectivity index (χ1) is 11.8. The molecule has 3 rings (SSSR count). The highest BCUT2D eigenvalue weighted by Gasteiger charge is 2.38. The smallest absolute Gasteiger partial charge is 0.130 e. The van der Waals surface area contributed by atoms with Crippen LogP contribution in [-0.4, -0.2) is 24.5 Å². The molecular formula is C23H36FN. The second-order valence-corrected chi connectivity index (χ2v) is 9.52. The molecule has 2 aliphatic rings. The summed E-state index contributed by atoms with van der Waals surface area (Å²) in [7, 11) is 0. The van der Waals surface area contributed by atoms with E-state index in [1.165, 1.54) is 57.2 Å². The lowest BCUT2D eigenvalue weighted by molar-refractivity contribution is 0.134. The molecule has 1 aromatic carbocycles. The molecule has 25 heavy (non-hydrogen) atoms. The Hall–Kier alpha value is -0.890. The Morgan fingerprint density at radius 3 is 2.56 bits per heavy atom. The van der Waals surface area contributed by atoms with Gasteiger partial charge in [-0.15, -0.1) is 0 Å². The summed E-state index contributed by atoms with van der Waals surface area (Å²) in [5.41, 5.74) is 1.26. The largest absolute Gasteiger partial charge is 0.302 e. The topological polar surface area (TPSA) is 3.24 Å². The molecule has 1 nitrogen and oxygen atoms in total. The maximum atomic E-state index is 14.5. The van der Waals surface area contributed by atoms with E-state index in [4.69, 9.17) is 0 Å². The SMILES string of the molecule is CC1CCN(CC(c2cccc(C(C)(C)F)c2)C2(C)CCCCC2)C1. The van der Waals surface area contributed by atoms with Crippen LogP contribution in [0.25, 0.3) is 0 Å². The van der Waals surface area contributed by atoms with Crippen molar-refractivity contribution in [3.63, 3.8) is 0 Å². The third-order valence-corrected chi connectivity index (χ3v) is 6.76. The zero-order valence-corrected chi connectivity index (χ0v) is 16.7. The van der Waals surface area contributed by atoms with Crippen molar-refractivity contribution in [1.82, 2.24) is 4.90 Å². The molecule has 1 aromatic rings. The number of likely N-dealkylation sites (tertiary alicyclic amines) is 1. The van der Waals surface area contributed by atoms with Crippen molar-refractivity contribution in [2.24, 2.45) is 11.3 Å². The third-order valence-electron chi connectivity index (χ3n) is 6.76. The van der Waals surface area contributed by atoms with Crippen molar-refractivity contribution in [3.05, 3.63) is 35.4 Å². The van der Waals surface area contributed by atoms with Crippen LogP contribution in [0.5, 0.6) is 0 Å². The van der Waals surface area contributed by atoms with Crippen LogP contribution in [0.4, 0.5) is 4.39 Å². The second-order valence-electron chi connectivity index (χ2n) is 9.52. The van der Waals surface area contributed by atoms with E-state index in [0.29, 0.717) is 11.3 Å². The fraction of sp³-hybridized carbons (Fsp3) is 0.739. The highest BCUT2D eigenvalue weighted by Crippen LogP contribution is 2.48. The van der Waals surface area contributed by atoms with Gasteiger partial charge in [0.25, 0.3) is 0 Å². The summed E-state index contributed by atoms with van der Waals surface area (Å²) < 4.78 is 14.5. The monoisotopic (exact) mass is 345 g/mol. The number of rotatable bonds is 5. The van der Waals surface area contributed by atoms with Crippen LogP contribution >= 0.6 is 0 Å². The Labute approximate surface area is 154 Å². The van der Waals surface area contributed by atoms with Gasteiger partial charge in [-0.3, -0.25) is 0 Å². The predicted molar refractivity (Wildman–Crippen MR) is 105 cm³/mol. The lowest BCUT2D eigenvalue weighted by Crippen LogP contribution is -2.37. The molecule has 1 heterocycles. The molecule has 1 aliphatic heterocycles. The Kier molecular flexibility index (Phi) is 5.58. The molecule has 0 N–H and O–H groups in total. The first-order valence-electron chi connectivity index (χ1n) is 10.3. The molecule has 1 saturated heterocycles. The molecule has 0 radical (unpaired) electrons. The summed E-state index contributed by atoms with van der Waals surface area (Å²) in [6.07, 6.45) is 8.01. The lowest BCUT2D eigenvalue weighted by Gasteiger charge is -2.43. The van der Waals surface area contributed by atoms with Gasteiger partial charge < -0.3 is 4.90 Å². The van der Waals surface area contributed by atoms with Crippen LogP contribution in [0.15, 0.2) is 24.3 Å². The fourth-order valence-corrected chi connectivity index (χ4v) is 5.01. The molecule has 0 spiro atoms. The van der Waals surface area contributed by atoms with Crippen molar-refractivity contribution < 1.29 is 4.39 Å². The molecule has 0 amide bonds. The van der Waals surface area contributed by atoms with Gasteiger partial charge in [0.2, 0.25) is 0 Å². The Bertz CT molecular complexity index is 568. The van der Waals surface area contributed by atoms with E-state index in [1.54, 1.807) is 13.8 Å². The zero-order chi connectivity index (χ0) is 18.1. The number of hydrogen-bond acceptors (Lipinski definition) is 1. The van der Waals surface area contributed by atoms with E-state index in [-0.39, 0.29) is 0 Å². The average molecular weight is 346 g/mol. The minimum absolute atomic E-state index is 0.350. The molecule has 2 unspecified atom stereocenters. The van der Waals surface area contributed by atoms with Gasteiger partial charge in [-0.1, -0.05) is 57.4 Å². The quantitative estimate of drug-likeness (QED) is 0.606. The molecule has 2 fully saturated rings. The van der Waals surface area contributed by atoms with E-state index < -0.39 is 5.67 Å². The molecule has 2 atom stereocenters. The van der Waals surface area contributed by atoms with Crippen LogP contribution < -0.4 is 0 Å². The number of alkyl halides is 1. The van der Waals surface area contributed by atoms with Gasteiger partial charge in [-0.2, -0.15) is 0 Å². The summed E-state index contributed by atoms with van der Waals surface area (Å²) in [6, 6.07) is 8.42. The van der Waals surface area contributed by atoms with Crippen LogP contribution in [0, 0.1) is 11.3 Å². The molecule has 2 heteroatoms. The van der Waals surface area contributed by atoms with Gasteiger partial charge in [0, 0.05) is 19.0 Å². The summed E-state index contributed by atoms with van der Waals surface area (Å²) in [5.74, 6) is 1.33. The van der Waals surface area contributed by atoms with E-state index >= 15 is 0 Å². The Morgan fingerprint density at radius 2 is 1.96 bits per heavy atom. The summed E-state index contributed by atoms with van der Waals surface area (Å²) in [6.45, 7) is 11.8. The van der Waals surface area contributed by atoms with Gasteiger partial charge in [-0.05, 0) is 62.1 Å². The van der Waals surface area contributed by atoms with Crippen LogP contribution in [0.3, 0.4) is 0 Å². The summed E-state index contributed by atoms with van der Waals surface area (Å²) in [4.78, 5) is 2.66. The molecular weight excluding hydrogens is 309 g/mol. The number of hydrogen-bond donors (Lipinski definition) is 0. The molecule has 1 aliphatic carbocycles. The lowest BCUT2D eigenvalue weighted by atomic mass is 9.64. The van der Waals surface area contributed by atoms with Crippen molar-refractivity contribution in [1.29, 1.82) is 0 Å². The fourth-order valence-electron chi connectivity index (χ4n) is 5.01. The minimum Gasteiger partial charge on any atom is -0.302 e. The number of benzene rings is 1. The summed E-state index contributed by atoms with van der Waals surface area (Å²) >= 11 is 0. The van der Waals surface area contributed by atoms with Gasteiger partial charge in [0.1, 0.15) is 5.67 Å². The standard InChI is InChI=1S/C23H36FN/c1-18-11-14-25(16-18)17-21(23(4)12-6-5-7-13-23)19-9-8-10-20(15-19)22(2,3)24/h8-10,15,18,21H,5-7,11-14,16-17H2,1-4H3. The predicted octanol–water partition coefficient (Wildman–Crippen LogP) is 6.29. The van der Waals surface area contributed by atoms with E-state index in [1.807, 2.05) is 6.07 Å². The highest BCUT2D eigenvalue weighted by atomic mass is 19.1. The first-order valence-corrected chi connectivity index (χ1v) is 10.3. The molecule has 140 valence electrons. The maximum Gasteiger partial charge on any atom is 0.130 e. The van der Waals surface area contributed by atoms with E-state index in [9.17, 15) is 4.39 Å². The summed E-state index contributed by atoms with van der Waals surface area (Å²) in [5, 5.41) is 0. The van der Waals surface area contributed by atoms with Crippen LogP contribution in [0.2, 0.25) is 0 Å². The van der Waals surface area contributed by atoms with Crippen molar-refractivity contribution in [2.45, 2.75) is 77.8 Å². The molecule has 1 saturated carbocycles. The second kappa shape index (κ2) is 7.39. The highest BCUT2D eigenvalue weighted by molar-refractivity contribution is 5.31. The van der Waals surface area contributed by atoms with Gasteiger partial charge in [0.15, 0.2) is 0 Å². The van der Waals surface area contributed by atoms with Gasteiger partial charge in [-0.25, -0.2) is 4.39 Å². The van der Waals surface area contributed by atoms with E-state index in [2.05, 4.69) is 36.9 Å². The van der Waals surface area contributed by atoms with Crippen molar-refractivity contribution >= 4 is 0 Å². The number of nitrogens with zero attached hydrogens (tertiary/aromatic N) is 1. The van der Waals surface area contributed by atoms with Crippen molar-refractivity contribution in [3.8, 4) is 0 Å². The first kappa shape index (κ1) is 18.9. The zero-order valence-electron chi connectivity index (χ0n) is 16.7. The normalized spacial score (nSPS) is 25.9. The van der Waals surface area contributed by atoms with Gasteiger partial charge in [0.05, 0.1) is 0 Å². The average Bonchev–Trinajstić information content (AvgIpc) is 2.98. The third kappa shape index (κ3) is 4.45. The van der Waals surface area contributed by atoms with Crippen LogP contribution in [-0.2, 0) is 5.67 Å². The van der Waals surface area contributed by atoms with Crippen LogP contribution in [0.1, 0.15) is 83.3 Å². The van der Waals surface area contributed by atoms with Crippen molar-refractivity contribution in [2.75, 3.05) is 19.6 Å². The number of halogens is 1. The van der Waals surface area contributed by atoms with Gasteiger partial charge >= 0.3 is 0 Å². The minimum atomic E-state index is -1.27. The Balaban J connectivity index is 1.90.